The molecule has 0 atom stereocenters. The maximum Gasteiger partial charge on any atom is 2.00 e. The number of rotatable bonds is 4. The van der Waals surface area contributed by atoms with Gasteiger partial charge in [0.25, 0.3) is 0 Å². The maximum atomic E-state index is 4.37. The van der Waals surface area contributed by atoms with Crippen LogP contribution in [0.1, 0.15) is 0 Å². The molecule has 35 heavy (non-hydrogen) atoms. The van der Waals surface area contributed by atoms with E-state index in [1.54, 1.807) is 18.6 Å². The molecule has 0 saturated heterocycles. The van der Waals surface area contributed by atoms with Gasteiger partial charge in [-0.15, -0.1) is 0 Å². The molecule has 5 heterocycles. The molecule has 0 radical (unpaired) electrons. The van der Waals surface area contributed by atoms with Crippen molar-refractivity contribution in [3.63, 3.8) is 0 Å². The first-order valence-electron chi connectivity index (χ1n) is 10.4. The Morgan fingerprint density at radius 1 is 0.457 bits per heavy atom. The van der Waals surface area contributed by atoms with E-state index in [9.17, 15) is 0 Å². The quantitative estimate of drug-likeness (QED) is 0.285. The van der Waals surface area contributed by atoms with Crippen molar-refractivity contribution in [1.82, 2.24) is 45.3 Å². The van der Waals surface area contributed by atoms with Gasteiger partial charge in [-0.25, -0.2) is 0 Å². The van der Waals surface area contributed by atoms with E-state index >= 15 is 0 Å². The SMILES string of the molecule is [Pt+2].c1ccc(-c2n[n-]c(-c3ccccn3)n2)cc1.c1ccc(-c2n[n-]c(-c3ccccn3)n2)nc1. The summed E-state index contributed by atoms with van der Waals surface area (Å²) in [6, 6.07) is 26.6. The van der Waals surface area contributed by atoms with Gasteiger partial charge in [0.15, 0.2) is 0 Å². The molecule has 5 aromatic heterocycles. The summed E-state index contributed by atoms with van der Waals surface area (Å²) < 4.78 is 0. The van der Waals surface area contributed by atoms with Crippen LogP contribution in [0.4, 0.5) is 0 Å². The Hall–Kier alpha value is -4.36. The minimum atomic E-state index is 0. The van der Waals surface area contributed by atoms with Gasteiger partial charge in [-0.3, -0.25) is 25.1 Å². The van der Waals surface area contributed by atoms with Gasteiger partial charge in [0.1, 0.15) is 0 Å². The van der Waals surface area contributed by atoms with Crippen molar-refractivity contribution in [1.29, 1.82) is 0 Å². The molecule has 0 N–H and O–H groups in total. The second kappa shape index (κ2) is 11.7. The molecule has 6 rings (SSSR count). The van der Waals surface area contributed by atoms with Gasteiger partial charge in [-0.05, 0) is 53.6 Å². The minimum absolute atomic E-state index is 0. The van der Waals surface area contributed by atoms with Crippen LogP contribution in [0.5, 0.6) is 0 Å². The molecular weight excluding hydrogens is 621 g/mol. The smallest absolute Gasteiger partial charge is 0.417 e. The van der Waals surface area contributed by atoms with Crippen LogP contribution in [-0.4, -0.2) is 35.1 Å². The van der Waals surface area contributed by atoms with Gasteiger partial charge in [0.2, 0.25) is 0 Å². The number of benzene rings is 1. The monoisotopic (exact) mass is 638 g/mol. The summed E-state index contributed by atoms with van der Waals surface area (Å²) in [4.78, 5) is 21.2. The Labute approximate surface area is 215 Å². The fourth-order valence-electron chi connectivity index (χ4n) is 3.00. The predicted octanol–water partition coefficient (Wildman–Crippen LogP) is 3.72. The number of pyridine rings is 3. The van der Waals surface area contributed by atoms with Gasteiger partial charge in [-0.2, -0.15) is 0 Å². The van der Waals surface area contributed by atoms with Crippen molar-refractivity contribution >= 4 is 0 Å². The summed E-state index contributed by atoms with van der Waals surface area (Å²) >= 11 is 0. The number of aromatic nitrogens is 9. The summed E-state index contributed by atoms with van der Waals surface area (Å²) in [5, 5.41) is 16.1. The molecule has 10 heteroatoms. The van der Waals surface area contributed by atoms with E-state index in [1.165, 1.54) is 0 Å². The van der Waals surface area contributed by atoms with E-state index in [1.807, 2.05) is 84.9 Å². The summed E-state index contributed by atoms with van der Waals surface area (Å²) in [6.45, 7) is 0. The molecule has 9 nitrogen and oxygen atoms in total. The fourth-order valence-corrected chi connectivity index (χ4v) is 3.00. The number of hydrogen-bond acceptors (Lipinski definition) is 7. The minimum Gasteiger partial charge on any atom is -0.417 e. The third kappa shape index (κ3) is 5.96. The first-order valence-corrected chi connectivity index (χ1v) is 10.4. The molecule has 0 bridgehead atoms. The average Bonchev–Trinajstić information content (AvgIpc) is 3.62. The molecule has 0 unspecified atom stereocenters. The van der Waals surface area contributed by atoms with Crippen molar-refractivity contribution in [2.75, 3.05) is 0 Å². The van der Waals surface area contributed by atoms with Crippen LogP contribution in [0, 0.1) is 0 Å². The van der Waals surface area contributed by atoms with Crippen molar-refractivity contribution in [2.45, 2.75) is 0 Å². The zero-order valence-corrected chi connectivity index (χ0v) is 20.4. The molecule has 0 amide bonds. The van der Waals surface area contributed by atoms with Crippen molar-refractivity contribution < 1.29 is 21.1 Å². The van der Waals surface area contributed by atoms with E-state index in [0.29, 0.717) is 34.7 Å². The molecule has 1 aromatic carbocycles. The summed E-state index contributed by atoms with van der Waals surface area (Å²) in [6.07, 6.45) is 5.12. The van der Waals surface area contributed by atoms with Gasteiger partial charge in [0, 0.05) is 18.6 Å². The Morgan fingerprint density at radius 3 is 1.43 bits per heavy atom. The molecule has 172 valence electrons. The molecule has 0 aliphatic carbocycles. The molecule has 0 spiro atoms. The summed E-state index contributed by atoms with van der Waals surface area (Å²) in [7, 11) is 0. The first-order chi connectivity index (χ1) is 16.9. The summed E-state index contributed by atoms with van der Waals surface area (Å²) in [5.41, 5.74) is 3.12. The zero-order valence-electron chi connectivity index (χ0n) is 18.2. The standard InChI is InChI=1S/C13H9N4.C12H8N5.Pt/c1-2-6-10(7-3-1)12-15-13(17-16-12)11-8-4-5-9-14-11;1-3-7-13-9(5-1)11-15-12(17-16-11)10-6-2-4-8-14-10;/h1-9H;1-8H;/q2*-1;+2. The first kappa shape index (κ1) is 23.8. The Morgan fingerprint density at radius 2 is 0.914 bits per heavy atom. The third-order valence-corrected chi connectivity index (χ3v) is 4.62. The molecule has 0 aliphatic rings. The van der Waals surface area contributed by atoms with Crippen LogP contribution in [0.25, 0.3) is 45.9 Å². The molecule has 0 saturated carbocycles. The van der Waals surface area contributed by atoms with Crippen LogP contribution >= 0.6 is 0 Å². The summed E-state index contributed by atoms with van der Waals surface area (Å²) in [5.74, 6) is 2.23. The molecule has 0 fully saturated rings. The molecular formula is C25H17N9Pt. The molecule has 0 aliphatic heterocycles. The van der Waals surface area contributed by atoms with E-state index in [-0.39, 0.29) is 21.1 Å². The van der Waals surface area contributed by atoms with Crippen LogP contribution in [0.2, 0.25) is 0 Å². The maximum absolute atomic E-state index is 4.37. The Kier molecular flexibility index (Phi) is 7.93. The fraction of sp³-hybridized carbons (Fsp3) is 0. The van der Waals surface area contributed by atoms with Crippen LogP contribution in [0.15, 0.2) is 104 Å². The van der Waals surface area contributed by atoms with Crippen molar-refractivity contribution in [3.05, 3.63) is 104 Å². The van der Waals surface area contributed by atoms with Crippen LogP contribution < -0.4 is 10.2 Å². The molecule has 6 aromatic rings. The van der Waals surface area contributed by atoms with Crippen molar-refractivity contribution in [2.24, 2.45) is 0 Å². The zero-order chi connectivity index (χ0) is 23.0. The predicted molar refractivity (Wildman–Crippen MR) is 126 cm³/mol. The third-order valence-electron chi connectivity index (χ3n) is 4.62. The van der Waals surface area contributed by atoms with E-state index in [0.717, 1.165) is 11.3 Å². The topological polar surface area (TPSA) is 118 Å². The van der Waals surface area contributed by atoms with Crippen molar-refractivity contribution in [3.8, 4) is 45.9 Å². The normalized spacial score (nSPS) is 10.1. The second-order valence-corrected chi connectivity index (χ2v) is 6.93. The van der Waals surface area contributed by atoms with Gasteiger partial charge < -0.3 is 20.2 Å². The Balaban J connectivity index is 0.000000160. The Bertz CT molecular complexity index is 1220. The van der Waals surface area contributed by atoms with Crippen LogP contribution in [-0.2, 0) is 21.1 Å². The average molecular weight is 639 g/mol. The number of nitrogens with zero attached hydrogens (tertiary/aromatic N) is 9. The van der Waals surface area contributed by atoms with Gasteiger partial charge in [0.05, 0.1) is 28.7 Å². The second-order valence-electron chi connectivity index (χ2n) is 6.93. The van der Waals surface area contributed by atoms with E-state index in [2.05, 4.69) is 45.3 Å². The van der Waals surface area contributed by atoms with E-state index in [4.69, 9.17) is 0 Å². The number of hydrogen-bond donors (Lipinski definition) is 0. The van der Waals surface area contributed by atoms with E-state index < -0.39 is 0 Å². The van der Waals surface area contributed by atoms with Gasteiger partial charge >= 0.3 is 21.1 Å². The largest absolute Gasteiger partial charge is 2.00 e. The van der Waals surface area contributed by atoms with Gasteiger partial charge in [-0.1, -0.05) is 48.5 Å². The van der Waals surface area contributed by atoms with Crippen LogP contribution in [0.3, 0.4) is 0 Å².